The lowest BCUT2D eigenvalue weighted by Crippen LogP contribution is -2.09. The van der Waals surface area contributed by atoms with Gasteiger partial charge >= 0.3 is 32.2 Å². The van der Waals surface area contributed by atoms with E-state index in [1.54, 1.807) is 0 Å². The first-order chi connectivity index (χ1) is 3.56. The molecule has 0 aliphatic heterocycles. The van der Waals surface area contributed by atoms with Crippen LogP contribution in [-0.4, -0.2) is 32.2 Å². The van der Waals surface area contributed by atoms with Crippen LogP contribution in [0.1, 0.15) is 20.8 Å². The van der Waals surface area contributed by atoms with Crippen molar-refractivity contribution in [3.05, 3.63) is 0 Å². The molecule has 0 saturated heterocycles. The molecule has 0 amide bonds. The minimum Gasteiger partial charge on any atom is -0.644 e. The van der Waals surface area contributed by atoms with E-state index in [4.69, 9.17) is 2.84 Å². The molecule has 0 spiro atoms. The molecule has 0 heterocycles. The average Bonchev–Trinajstić information content (AvgIpc) is 1.59. The van der Waals surface area contributed by atoms with Gasteiger partial charge in [0.15, 0.2) is 0 Å². The van der Waals surface area contributed by atoms with E-state index < -0.39 is 0 Å². The van der Waals surface area contributed by atoms with Gasteiger partial charge in [0.25, 0.3) is 0 Å². The molecule has 0 aliphatic carbocycles. The molecular weight excluding hydrogens is 130 g/mol. The molecule has 0 bridgehead atoms. The summed E-state index contributed by atoms with van der Waals surface area (Å²) in [5.74, 6) is 0. The van der Waals surface area contributed by atoms with Gasteiger partial charge in [0.05, 0.1) is 0 Å². The van der Waals surface area contributed by atoms with Gasteiger partial charge in [0, 0.05) is 0 Å². The number of rotatable bonds is 2. The Bertz CT molecular complexity index is 57.9. The fourth-order valence-corrected chi connectivity index (χ4v) is 1.84. The zero-order valence-corrected chi connectivity index (χ0v) is 9.74. The second kappa shape index (κ2) is 3.94. The highest BCUT2D eigenvalue weighted by molar-refractivity contribution is 6.34. The maximum atomic E-state index is 5.20. The predicted octanol–water partition coefficient (Wildman–Crippen LogP) is 0.367. The van der Waals surface area contributed by atoms with E-state index in [2.05, 4.69) is 20.8 Å². The van der Waals surface area contributed by atoms with E-state index in [1.807, 2.05) is 0 Å². The maximum Gasteiger partial charge on any atom is 0.405 e. The van der Waals surface area contributed by atoms with E-state index in [-0.39, 0.29) is 15.6 Å². The van der Waals surface area contributed by atoms with Crippen molar-refractivity contribution in [2.24, 2.45) is 5.41 Å². The molecule has 1 nitrogen and oxygen atoms in total. The SMILES string of the molecule is CC(C)(C)[CH2][AlH][O][AlH2]. The van der Waals surface area contributed by atoms with Crippen LogP contribution in [0.25, 0.3) is 0 Å². The second-order valence-corrected chi connectivity index (χ2v) is 6.52. The minimum absolute atomic E-state index is 0.121. The Balaban J connectivity index is 3.11. The predicted molar refractivity (Wildman–Crippen MR) is 41.0 cm³/mol. The first-order valence-corrected chi connectivity index (χ1v) is 5.44. The molecule has 3 heteroatoms. The molecule has 0 aliphatic rings. The molecule has 8 heavy (non-hydrogen) atoms. The number of hydrogen-bond acceptors (Lipinski definition) is 1. The van der Waals surface area contributed by atoms with Crippen molar-refractivity contribution < 1.29 is 2.84 Å². The Labute approximate surface area is 66.6 Å². The Morgan fingerprint density at radius 1 is 1.50 bits per heavy atom. The Kier molecular flexibility index (Phi) is 4.45. The van der Waals surface area contributed by atoms with Crippen molar-refractivity contribution in [1.29, 1.82) is 0 Å². The third kappa shape index (κ3) is 7.02. The van der Waals surface area contributed by atoms with Crippen molar-refractivity contribution in [2.45, 2.75) is 26.1 Å². The standard InChI is InChI=1S/C5H11.2Al.O.3H/c1-5(2,3)4;;;;;;/h1H2,2-4H3;;;;;;. The van der Waals surface area contributed by atoms with Crippen LogP contribution in [0.5, 0.6) is 0 Å². The summed E-state index contributed by atoms with van der Waals surface area (Å²) < 4.78 is 5.20. The summed E-state index contributed by atoms with van der Waals surface area (Å²) in [6, 6.07) is 0. The molecule has 0 fully saturated rings. The number of hydrogen-bond donors (Lipinski definition) is 0. The Hall–Kier alpha value is 1.02. The molecule has 46 valence electrons. The largest absolute Gasteiger partial charge is 0.644 e. The van der Waals surface area contributed by atoms with E-state index in [1.165, 1.54) is 5.28 Å². The molecule has 0 unspecified atom stereocenters. The monoisotopic (exact) mass is 144 g/mol. The first kappa shape index (κ1) is 9.02. The van der Waals surface area contributed by atoms with E-state index in [0.29, 0.717) is 5.41 Å². The van der Waals surface area contributed by atoms with Crippen LogP contribution >= 0.6 is 0 Å². The summed E-state index contributed by atoms with van der Waals surface area (Å²) in [5, 5.41) is 1.32. The van der Waals surface area contributed by atoms with Gasteiger partial charge in [-0.2, -0.15) is 0 Å². The molecule has 0 rings (SSSR count). The second-order valence-electron chi connectivity index (χ2n) is 3.30. The van der Waals surface area contributed by atoms with Gasteiger partial charge in [-0.25, -0.2) is 0 Å². The first-order valence-electron chi connectivity index (χ1n) is 3.05. The summed E-state index contributed by atoms with van der Waals surface area (Å²) in [5.41, 5.74) is 0.511. The normalized spacial score (nSPS) is 11.4. The summed E-state index contributed by atoms with van der Waals surface area (Å²) >= 11 is 0.823. The zero-order chi connectivity index (χ0) is 6.62. The lowest BCUT2D eigenvalue weighted by Gasteiger charge is -2.15. The lowest BCUT2D eigenvalue weighted by atomic mass is 10.0. The Morgan fingerprint density at radius 3 is 2.12 bits per heavy atom. The summed E-state index contributed by atoms with van der Waals surface area (Å²) in [7, 11) is 0. The molecule has 0 aromatic carbocycles. The topological polar surface area (TPSA) is 9.23 Å². The van der Waals surface area contributed by atoms with Crippen molar-refractivity contribution in [2.75, 3.05) is 0 Å². The highest BCUT2D eigenvalue weighted by Gasteiger charge is 2.09. The third-order valence-corrected chi connectivity index (χ3v) is 4.39. The van der Waals surface area contributed by atoms with Crippen LogP contribution in [0.4, 0.5) is 0 Å². The molecule has 0 atom stereocenters. The zero-order valence-electron chi connectivity index (χ0n) is 6.32. The summed E-state index contributed by atoms with van der Waals surface area (Å²) in [6.45, 7) is 6.79. The molecule has 0 radical (unpaired) electrons. The van der Waals surface area contributed by atoms with Crippen molar-refractivity contribution in [1.82, 2.24) is 0 Å². The van der Waals surface area contributed by atoms with Crippen LogP contribution in [0.3, 0.4) is 0 Å². The molecule has 0 aromatic heterocycles. The maximum absolute atomic E-state index is 5.20. The quantitative estimate of drug-likeness (QED) is 0.509. The van der Waals surface area contributed by atoms with E-state index >= 15 is 0 Å². The van der Waals surface area contributed by atoms with Gasteiger partial charge < -0.3 is 2.84 Å². The van der Waals surface area contributed by atoms with E-state index in [9.17, 15) is 0 Å². The third-order valence-electron chi connectivity index (χ3n) is 1.06. The van der Waals surface area contributed by atoms with Crippen LogP contribution in [0.15, 0.2) is 0 Å². The van der Waals surface area contributed by atoms with Crippen LogP contribution in [0, 0.1) is 5.41 Å². The molecule has 0 aromatic rings. The van der Waals surface area contributed by atoms with Crippen molar-refractivity contribution in [3.63, 3.8) is 0 Å². The average molecular weight is 144 g/mol. The minimum atomic E-state index is -0.121. The highest BCUT2D eigenvalue weighted by Crippen LogP contribution is 2.17. The van der Waals surface area contributed by atoms with Gasteiger partial charge in [0.2, 0.25) is 0 Å². The lowest BCUT2D eigenvalue weighted by molar-refractivity contribution is 0.452. The molecule has 0 N–H and O–H groups in total. The highest BCUT2D eigenvalue weighted by atomic mass is 27.2. The van der Waals surface area contributed by atoms with Gasteiger partial charge in [-0.15, -0.1) is 0 Å². The fourth-order valence-electron chi connectivity index (χ4n) is 0.408. The van der Waals surface area contributed by atoms with Crippen molar-refractivity contribution in [3.8, 4) is 0 Å². The van der Waals surface area contributed by atoms with Gasteiger partial charge in [0.1, 0.15) is 0 Å². The summed E-state index contributed by atoms with van der Waals surface area (Å²) in [4.78, 5) is 0. The van der Waals surface area contributed by atoms with Gasteiger partial charge in [-0.05, 0) is 5.41 Å². The van der Waals surface area contributed by atoms with Crippen LogP contribution in [0.2, 0.25) is 5.28 Å². The van der Waals surface area contributed by atoms with Crippen molar-refractivity contribution >= 4 is 32.2 Å². The molecular formula is C5H14Al2O. The summed E-state index contributed by atoms with van der Waals surface area (Å²) in [6.07, 6.45) is 0. The Morgan fingerprint density at radius 2 is 2.00 bits per heavy atom. The fraction of sp³-hybridized carbons (Fsp3) is 1.00. The van der Waals surface area contributed by atoms with Gasteiger partial charge in [-0.1, -0.05) is 26.1 Å². The van der Waals surface area contributed by atoms with Crippen LogP contribution in [-0.2, 0) is 2.84 Å². The van der Waals surface area contributed by atoms with Crippen LogP contribution < -0.4 is 0 Å². The van der Waals surface area contributed by atoms with E-state index in [0.717, 1.165) is 16.6 Å². The smallest absolute Gasteiger partial charge is 0.405 e. The van der Waals surface area contributed by atoms with Gasteiger partial charge in [-0.3, -0.25) is 0 Å². The molecule has 0 saturated carbocycles.